The van der Waals surface area contributed by atoms with Crippen LogP contribution in [0.4, 0.5) is 0 Å². The highest BCUT2D eigenvalue weighted by atomic mass is 32.1. The molecule has 2 nitrogen and oxygen atoms in total. The van der Waals surface area contributed by atoms with Crippen LogP contribution in [0.1, 0.15) is 0 Å². The first-order valence-corrected chi connectivity index (χ1v) is 3.40. The first kappa shape index (κ1) is 6.74. The summed E-state index contributed by atoms with van der Waals surface area (Å²) < 4.78 is 0. The Labute approximate surface area is 58.7 Å². The Morgan fingerprint density at radius 2 is 1.12 bits per heavy atom. The van der Waals surface area contributed by atoms with E-state index in [4.69, 9.17) is 10.2 Å². The normalized spacial score (nSPS) is 55.5. The molecule has 4 unspecified atom stereocenters. The molecule has 1 aliphatic carbocycles. The van der Waals surface area contributed by atoms with Crippen molar-refractivity contribution in [1.82, 2.24) is 0 Å². The molecule has 0 heterocycles. The Morgan fingerprint density at radius 1 is 0.875 bits per heavy atom. The SMILES string of the molecule is OC1C(O)C(S)C1S. The van der Waals surface area contributed by atoms with Crippen molar-refractivity contribution in [2.45, 2.75) is 22.7 Å². The van der Waals surface area contributed by atoms with Gasteiger partial charge in [0.1, 0.15) is 0 Å². The highest BCUT2D eigenvalue weighted by Gasteiger charge is 2.44. The van der Waals surface area contributed by atoms with Crippen molar-refractivity contribution in [3.63, 3.8) is 0 Å². The monoisotopic (exact) mass is 152 g/mol. The molecule has 4 heteroatoms. The molecule has 0 aromatic rings. The lowest BCUT2D eigenvalue weighted by Crippen LogP contribution is -2.58. The number of hydrogen-bond acceptors (Lipinski definition) is 4. The third kappa shape index (κ3) is 0.757. The van der Waals surface area contributed by atoms with Crippen molar-refractivity contribution in [3.8, 4) is 0 Å². The smallest absolute Gasteiger partial charge is 0.0937 e. The van der Waals surface area contributed by atoms with E-state index < -0.39 is 12.2 Å². The lowest BCUT2D eigenvalue weighted by Gasteiger charge is -2.40. The third-order valence-corrected chi connectivity index (χ3v) is 2.89. The van der Waals surface area contributed by atoms with Gasteiger partial charge >= 0.3 is 0 Å². The molecule has 1 rings (SSSR count). The lowest BCUT2D eigenvalue weighted by atomic mass is 9.91. The molecule has 0 amide bonds. The average Bonchev–Trinajstić information content (AvgIpc) is 1.83. The number of rotatable bonds is 0. The number of aliphatic hydroxyl groups excluding tert-OH is 2. The fraction of sp³-hybridized carbons (Fsp3) is 1.00. The maximum Gasteiger partial charge on any atom is 0.0937 e. The van der Waals surface area contributed by atoms with E-state index in [0.717, 1.165) is 0 Å². The second kappa shape index (κ2) is 2.10. The zero-order valence-electron chi connectivity index (χ0n) is 4.10. The summed E-state index contributed by atoms with van der Waals surface area (Å²) in [5.74, 6) is 0. The van der Waals surface area contributed by atoms with E-state index in [-0.39, 0.29) is 10.5 Å². The van der Waals surface area contributed by atoms with Crippen LogP contribution in [0.15, 0.2) is 0 Å². The van der Waals surface area contributed by atoms with Gasteiger partial charge in [0.15, 0.2) is 0 Å². The summed E-state index contributed by atoms with van der Waals surface area (Å²) >= 11 is 7.90. The van der Waals surface area contributed by atoms with Gasteiger partial charge in [0.05, 0.1) is 12.2 Å². The molecule has 0 aromatic heterocycles. The third-order valence-electron chi connectivity index (χ3n) is 1.40. The Balaban J connectivity index is 2.42. The van der Waals surface area contributed by atoms with Crippen LogP contribution in [0, 0.1) is 0 Å². The van der Waals surface area contributed by atoms with Crippen LogP contribution >= 0.6 is 25.3 Å². The second-order valence-corrected chi connectivity index (χ2v) is 3.15. The van der Waals surface area contributed by atoms with Gasteiger partial charge in [0, 0.05) is 10.5 Å². The number of hydrogen-bond donors (Lipinski definition) is 4. The molecule has 4 atom stereocenters. The van der Waals surface area contributed by atoms with E-state index in [1.165, 1.54) is 0 Å². The van der Waals surface area contributed by atoms with Crippen LogP contribution in [0.25, 0.3) is 0 Å². The number of thiol groups is 2. The predicted molar refractivity (Wildman–Crippen MR) is 37.6 cm³/mol. The zero-order chi connectivity index (χ0) is 6.31. The van der Waals surface area contributed by atoms with E-state index in [1.807, 2.05) is 0 Å². The quantitative estimate of drug-likeness (QED) is 0.347. The second-order valence-electron chi connectivity index (χ2n) is 1.96. The summed E-state index contributed by atoms with van der Waals surface area (Å²) in [6.45, 7) is 0. The summed E-state index contributed by atoms with van der Waals surface area (Å²) in [5.41, 5.74) is 0. The van der Waals surface area contributed by atoms with Crippen LogP contribution in [0.2, 0.25) is 0 Å². The zero-order valence-corrected chi connectivity index (χ0v) is 5.89. The summed E-state index contributed by atoms with van der Waals surface area (Å²) in [6, 6.07) is 0. The first-order valence-electron chi connectivity index (χ1n) is 2.37. The van der Waals surface area contributed by atoms with Crippen molar-refractivity contribution in [2.24, 2.45) is 0 Å². The Kier molecular flexibility index (Phi) is 1.77. The van der Waals surface area contributed by atoms with Crippen LogP contribution in [-0.2, 0) is 0 Å². The first-order chi connectivity index (χ1) is 3.64. The highest BCUT2D eigenvalue weighted by molar-refractivity contribution is 7.85. The average molecular weight is 152 g/mol. The maximum absolute atomic E-state index is 8.78. The predicted octanol–water partition coefficient (Wildman–Crippen LogP) is -0.681. The van der Waals surface area contributed by atoms with Gasteiger partial charge in [-0.25, -0.2) is 0 Å². The summed E-state index contributed by atoms with van der Waals surface area (Å²) in [4.78, 5) is 0. The van der Waals surface area contributed by atoms with Crippen LogP contribution in [-0.4, -0.2) is 32.9 Å². The van der Waals surface area contributed by atoms with E-state index >= 15 is 0 Å². The summed E-state index contributed by atoms with van der Waals surface area (Å²) in [6.07, 6.45) is -1.36. The molecule has 1 saturated carbocycles. The molecule has 0 aromatic carbocycles. The minimum absolute atomic E-state index is 0.159. The van der Waals surface area contributed by atoms with Gasteiger partial charge in [-0.1, -0.05) is 0 Å². The van der Waals surface area contributed by atoms with Crippen molar-refractivity contribution in [3.05, 3.63) is 0 Å². The van der Waals surface area contributed by atoms with E-state index in [9.17, 15) is 0 Å². The largest absolute Gasteiger partial charge is 0.389 e. The number of aliphatic hydroxyl groups is 2. The van der Waals surface area contributed by atoms with Gasteiger partial charge in [-0.3, -0.25) is 0 Å². The summed E-state index contributed by atoms with van der Waals surface area (Å²) in [5, 5.41) is 17.2. The van der Waals surface area contributed by atoms with Crippen LogP contribution in [0.5, 0.6) is 0 Å². The Hall–Kier alpha value is 0.620. The van der Waals surface area contributed by atoms with Crippen LogP contribution in [0.3, 0.4) is 0 Å². The minimum atomic E-state index is -0.680. The molecule has 0 aliphatic heterocycles. The molecule has 0 spiro atoms. The maximum atomic E-state index is 8.78. The molecule has 0 bridgehead atoms. The van der Waals surface area contributed by atoms with Crippen molar-refractivity contribution >= 4 is 25.3 Å². The Bertz CT molecular complexity index is 66.0. The molecule has 0 saturated heterocycles. The van der Waals surface area contributed by atoms with Crippen molar-refractivity contribution < 1.29 is 10.2 Å². The van der Waals surface area contributed by atoms with E-state index in [2.05, 4.69) is 25.3 Å². The van der Waals surface area contributed by atoms with Gasteiger partial charge < -0.3 is 10.2 Å². The highest BCUT2D eigenvalue weighted by Crippen LogP contribution is 2.30. The fourth-order valence-corrected chi connectivity index (χ4v) is 1.37. The van der Waals surface area contributed by atoms with Gasteiger partial charge in [-0.2, -0.15) is 25.3 Å². The van der Waals surface area contributed by atoms with Gasteiger partial charge in [0.2, 0.25) is 0 Å². The molecule has 2 N–H and O–H groups in total. The van der Waals surface area contributed by atoms with Gasteiger partial charge in [0.25, 0.3) is 0 Å². The minimum Gasteiger partial charge on any atom is -0.389 e. The van der Waals surface area contributed by atoms with E-state index in [1.54, 1.807) is 0 Å². The molecule has 1 fully saturated rings. The molecule has 0 radical (unpaired) electrons. The topological polar surface area (TPSA) is 40.5 Å². The molecule has 48 valence electrons. The molecular formula is C4H8O2S2. The molecular weight excluding hydrogens is 144 g/mol. The standard InChI is InChI=1S/C4H8O2S2/c5-1-2(6)4(8)3(1)7/h1-8H. The summed E-state index contributed by atoms with van der Waals surface area (Å²) in [7, 11) is 0. The van der Waals surface area contributed by atoms with Gasteiger partial charge in [-0.15, -0.1) is 0 Å². The van der Waals surface area contributed by atoms with Crippen molar-refractivity contribution in [1.29, 1.82) is 0 Å². The molecule has 1 aliphatic rings. The van der Waals surface area contributed by atoms with Gasteiger partial charge in [-0.05, 0) is 0 Å². The molecule has 8 heavy (non-hydrogen) atoms. The Morgan fingerprint density at radius 3 is 1.25 bits per heavy atom. The fourth-order valence-electron chi connectivity index (χ4n) is 0.663. The van der Waals surface area contributed by atoms with Crippen LogP contribution < -0.4 is 0 Å². The van der Waals surface area contributed by atoms with Crippen molar-refractivity contribution in [2.75, 3.05) is 0 Å². The lowest BCUT2D eigenvalue weighted by molar-refractivity contribution is -0.0379. The van der Waals surface area contributed by atoms with E-state index in [0.29, 0.717) is 0 Å².